The van der Waals surface area contributed by atoms with E-state index in [2.05, 4.69) is 20.4 Å². The monoisotopic (exact) mass is 390 g/mol. The Morgan fingerprint density at radius 2 is 2.00 bits per heavy atom. The fraction of sp³-hybridized carbons (Fsp3) is 0.773. The lowest BCUT2D eigenvalue weighted by atomic mass is 9.44. The van der Waals surface area contributed by atoms with Crippen LogP contribution < -0.4 is 0 Å². The molecule has 2 spiro atoms. The molecule has 0 aromatic heterocycles. The molecule has 4 fully saturated rings. The Labute approximate surface area is 165 Å². The number of aliphatic hydroxyl groups is 1. The molecular weight excluding hydrogens is 360 g/mol. The molecular formula is C22H30O6. The van der Waals surface area contributed by atoms with Crippen molar-refractivity contribution in [3.05, 3.63) is 12.2 Å². The largest absolute Gasteiger partial charge is 0.466 e. The number of carbonyl (C=O) groups is 3. The molecule has 6 unspecified atom stereocenters. The molecule has 6 atom stereocenters. The number of allylic oxidation sites excluding steroid dienone is 1. The number of carbonyl (C=O) groups excluding carboxylic acids is 3. The molecule has 1 N–H and O–H groups in total. The van der Waals surface area contributed by atoms with Crippen LogP contribution in [0, 0.1) is 34.0 Å². The maximum Gasteiger partial charge on any atom is 0.320 e. The molecule has 3 aliphatic carbocycles. The third-order valence-electron chi connectivity index (χ3n) is 8.35. The molecule has 2 bridgehead atoms. The number of rotatable bonds is 2. The first-order chi connectivity index (χ1) is 13.1. The molecule has 0 amide bonds. The highest BCUT2D eigenvalue weighted by Crippen LogP contribution is 2.67. The first kappa shape index (κ1) is 19.6. The van der Waals surface area contributed by atoms with Gasteiger partial charge in [0.2, 0.25) is 0 Å². The molecule has 1 heterocycles. The lowest BCUT2D eigenvalue weighted by Gasteiger charge is -2.62. The van der Waals surface area contributed by atoms with Crippen LogP contribution in [-0.4, -0.2) is 42.1 Å². The van der Waals surface area contributed by atoms with E-state index in [1.165, 1.54) is 6.92 Å². The van der Waals surface area contributed by atoms with Crippen LogP contribution in [0.15, 0.2) is 12.2 Å². The first-order valence-electron chi connectivity index (χ1n) is 10.3. The van der Waals surface area contributed by atoms with E-state index in [4.69, 9.17) is 9.47 Å². The van der Waals surface area contributed by atoms with Crippen LogP contribution in [0.5, 0.6) is 0 Å². The summed E-state index contributed by atoms with van der Waals surface area (Å²) in [6.45, 7) is 9.78. The zero-order chi connectivity index (χ0) is 20.5. The predicted octanol–water partition coefficient (Wildman–Crippen LogP) is 2.43. The third-order valence-corrected chi connectivity index (χ3v) is 8.35. The maximum atomic E-state index is 13.3. The normalized spacial score (nSPS) is 44.2. The summed E-state index contributed by atoms with van der Waals surface area (Å²) >= 11 is 0. The van der Waals surface area contributed by atoms with Gasteiger partial charge in [0.05, 0.1) is 12.7 Å². The summed E-state index contributed by atoms with van der Waals surface area (Å²) in [5.41, 5.74) is -1.73. The van der Waals surface area contributed by atoms with Gasteiger partial charge in [-0.25, -0.2) is 0 Å². The predicted molar refractivity (Wildman–Crippen MR) is 99.9 cm³/mol. The van der Waals surface area contributed by atoms with Crippen molar-refractivity contribution in [3.63, 3.8) is 0 Å². The first-order valence-corrected chi connectivity index (χ1v) is 10.3. The summed E-state index contributed by atoms with van der Waals surface area (Å²) in [7, 11) is 0. The fourth-order valence-corrected chi connectivity index (χ4v) is 6.90. The quantitative estimate of drug-likeness (QED) is 0.442. The lowest BCUT2D eigenvalue weighted by molar-refractivity contribution is -0.244. The average Bonchev–Trinajstić information content (AvgIpc) is 2.82. The number of aliphatic hydroxyl groups excluding tert-OH is 1. The standard InChI is InChI=1S/C22H30O6/c1-12-14-5-6-15-21(9-14,18(12)25)19(26)28-11-22(15)16(10-27-13(2)23)20(3,4)8-7-17(22)24/h14-17,24H,1,5-11H2,2-4H3. The molecule has 1 saturated heterocycles. The summed E-state index contributed by atoms with van der Waals surface area (Å²) < 4.78 is 11.1. The number of fused-ring (bicyclic) bond motifs is 2. The summed E-state index contributed by atoms with van der Waals surface area (Å²) in [6, 6.07) is 0. The third kappa shape index (κ3) is 2.33. The highest BCUT2D eigenvalue weighted by atomic mass is 16.5. The van der Waals surface area contributed by atoms with E-state index in [0.717, 1.165) is 12.8 Å². The summed E-state index contributed by atoms with van der Waals surface area (Å²) in [6.07, 6.45) is 2.54. The van der Waals surface area contributed by atoms with Crippen LogP contribution in [0.3, 0.4) is 0 Å². The molecule has 4 aliphatic rings. The van der Waals surface area contributed by atoms with Gasteiger partial charge in [-0.15, -0.1) is 0 Å². The molecule has 1 aliphatic heterocycles. The van der Waals surface area contributed by atoms with Crippen molar-refractivity contribution in [1.82, 2.24) is 0 Å². The number of cyclic esters (lactones) is 1. The van der Waals surface area contributed by atoms with Gasteiger partial charge in [-0.2, -0.15) is 0 Å². The van der Waals surface area contributed by atoms with Crippen molar-refractivity contribution in [2.75, 3.05) is 13.2 Å². The van der Waals surface area contributed by atoms with Crippen molar-refractivity contribution in [3.8, 4) is 0 Å². The van der Waals surface area contributed by atoms with Gasteiger partial charge in [0.15, 0.2) is 5.78 Å². The molecule has 6 nitrogen and oxygen atoms in total. The second-order valence-corrected chi connectivity index (χ2v) is 9.94. The number of esters is 2. The van der Waals surface area contributed by atoms with Gasteiger partial charge in [0, 0.05) is 18.3 Å². The Morgan fingerprint density at radius 1 is 1.29 bits per heavy atom. The lowest BCUT2D eigenvalue weighted by Crippen LogP contribution is -2.68. The number of ether oxygens (including phenoxy) is 2. The highest BCUT2D eigenvalue weighted by molar-refractivity contribution is 6.15. The van der Waals surface area contributed by atoms with E-state index in [-0.39, 0.29) is 48.1 Å². The molecule has 0 aromatic carbocycles. The SMILES string of the molecule is C=C1C(=O)C23CC1CCC2C1(COC3=O)C(O)CCC(C)(C)C1COC(C)=O. The van der Waals surface area contributed by atoms with E-state index >= 15 is 0 Å². The molecule has 6 heteroatoms. The highest BCUT2D eigenvalue weighted by Gasteiger charge is 2.73. The second kappa shape index (κ2) is 6.15. The zero-order valence-electron chi connectivity index (χ0n) is 17.0. The number of ketones is 1. The average molecular weight is 390 g/mol. The van der Waals surface area contributed by atoms with E-state index in [1.54, 1.807) is 0 Å². The van der Waals surface area contributed by atoms with Crippen molar-refractivity contribution >= 4 is 17.7 Å². The van der Waals surface area contributed by atoms with Gasteiger partial charge in [0.1, 0.15) is 12.0 Å². The van der Waals surface area contributed by atoms with Crippen molar-refractivity contribution in [2.24, 2.45) is 34.0 Å². The number of hydrogen-bond acceptors (Lipinski definition) is 6. The molecule has 0 aromatic rings. The van der Waals surface area contributed by atoms with Crippen molar-refractivity contribution in [1.29, 1.82) is 0 Å². The van der Waals surface area contributed by atoms with Gasteiger partial charge < -0.3 is 14.6 Å². The zero-order valence-corrected chi connectivity index (χ0v) is 17.0. The fourth-order valence-electron chi connectivity index (χ4n) is 6.90. The minimum atomic E-state index is -1.23. The van der Waals surface area contributed by atoms with Gasteiger partial charge in [-0.05, 0) is 54.9 Å². The second-order valence-electron chi connectivity index (χ2n) is 9.94. The molecule has 0 radical (unpaired) electrons. The molecule has 3 saturated carbocycles. The minimum absolute atomic E-state index is 0.0205. The molecule has 28 heavy (non-hydrogen) atoms. The summed E-state index contributed by atoms with van der Waals surface area (Å²) in [4.78, 5) is 37.8. The Balaban J connectivity index is 1.85. The van der Waals surface area contributed by atoms with Gasteiger partial charge >= 0.3 is 11.9 Å². The Hall–Kier alpha value is -1.69. The van der Waals surface area contributed by atoms with E-state index < -0.39 is 22.9 Å². The summed E-state index contributed by atoms with van der Waals surface area (Å²) in [5, 5.41) is 11.3. The van der Waals surface area contributed by atoms with E-state index in [0.29, 0.717) is 24.8 Å². The Morgan fingerprint density at radius 3 is 2.68 bits per heavy atom. The van der Waals surface area contributed by atoms with Crippen molar-refractivity contribution in [2.45, 2.75) is 59.0 Å². The van der Waals surface area contributed by atoms with Gasteiger partial charge in [-0.1, -0.05) is 20.4 Å². The van der Waals surface area contributed by atoms with Crippen LogP contribution in [0.1, 0.15) is 52.9 Å². The van der Waals surface area contributed by atoms with Gasteiger partial charge in [-0.3, -0.25) is 14.4 Å². The van der Waals surface area contributed by atoms with E-state index in [9.17, 15) is 19.5 Å². The number of Topliss-reactive ketones (excluding diaryl/α,β-unsaturated/α-hetero) is 1. The summed E-state index contributed by atoms with van der Waals surface area (Å²) in [5.74, 6) is -1.54. The van der Waals surface area contributed by atoms with Crippen LogP contribution in [0.25, 0.3) is 0 Å². The van der Waals surface area contributed by atoms with Crippen LogP contribution in [0.2, 0.25) is 0 Å². The van der Waals surface area contributed by atoms with Gasteiger partial charge in [0.25, 0.3) is 0 Å². The molecule has 4 rings (SSSR count). The van der Waals surface area contributed by atoms with Crippen LogP contribution >= 0.6 is 0 Å². The minimum Gasteiger partial charge on any atom is -0.466 e. The maximum absolute atomic E-state index is 13.3. The van der Waals surface area contributed by atoms with Crippen LogP contribution in [-0.2, 0) is 23.9 Å². The smallest absolute Gasteiger partial charge is 0.320 e. The number of hydrogen-bond donors (Lipinski definition) is 1. The Bertz CT molecular complexity index is 754. The molecule has 154 valence electrons. The Kier molecular flexibility index (Phi) is 4.31. The topological polar surface area (TPSA) is 89.9 Å². The van der Waals surface area contributed by atoms with E-state index in [1.807, 2.05) is 0 Å². The van der Waals surface area contributed by atoms with Crippen molar-refractivity contribution < 1.29 is 29.0 Å². The van der Waals surface area contributed by atoms with Crippen LogP contribution in [0.4, 0.5) is 0 Å².